The fourth-order valence-corrected chi connectivity index (χ4v) is 0.738. The number of aliphatic carboxylic acids is 1. The van der Waals surface area contributed by atoms with Crippen molar-refractivity contribution in [1.29, 1.82) is 0 Å². The van der Waals surface area contributed by atoms with Crippen molar-refractivity contribution in [1.82, 2.24) is 0 Å². The first-order valence-corrected chi connectivity index (χ1v) is 4.80. The number of nitrogens with two attached hydrogens (primary N) is 1. The molecule has 0 saturated heterocycles. The van der Waals surface area contributed by atoms with Crippen LogP contribution in [0.1, 0.15) is 32.6 Å². The van der Waals surface area contributed by atoms with Crippen molar-refractivity contribution in [3.63, 3.8) is 0 Å². The van der Waals surface area contributed by atoms with E-state index in [-0.39, 0.29) is 0 Å². The molecular weight excluding hydrogens is 178 g/mol. The van der Waals surface area contributed by atoms with Crippen LogP contribution in [0.4, 0.5) is 0 Å². The molecule has 0 saturated carbocycles. The second-order valence-electron chi connectivity index (χ2n) is 2.44. The average molecular weight is 196 g/mol. The fourth-order valence-electron chi connectivity index (χ4n) is 0.738. The van der Waals surface area contributed by atoms with E-state index >= 15 is 0 Å². The maximum atomic E-state index is 10.2. The largest absolute Gasteiger partial charge is 0.480 e. The van der Waals surface area contributed by atoms with Gasteiger partial charge in [0.25, 0.3) is 0 Å². The summed E-state index contributed by atoms with van der Waals surface area (Å²) in [6, 6.07) is -0.661. The molecule has 74 valence electrons. The van der Waals surface area contributed by atoms with Gasteiger partial charge in [-0.15, -0.1) is 11.6 Å². The molecule has 0 aliphatic carbocycles. The topological polar surface area (TPSA) is 63.3 Å². The number of carboxylic acids is 1. The Kier molecular flexibility index (Phi) is 12.7. The predicted molar refractivity (Wildman–Crippen MR) is 51.5 cm³/mol. The number of halogens is 1. The monoisotopic (exact) mass is 195 g/mol. The second-order valence-corrected chi connectivity index (χ2v) is 2.44. The zero-order chi connectivity index (χ0) is 9.98. The van der Waals surface area contributed by atoms with Gasteiger partial charge in [0, 0.05) is 6.38 Å². The molecule has 0 bridgehead atoms. The molecule has 0 heterocycles. The van der Waals surface area contributed by atoms with E-state index in [1.165, 1.54) is 6.38 Å². The van der Waals surface area contributed by atoms with Crippen LogP contribution in [0.2, 0.25) is 0 Å². The van der Waals surface area contributed by atoms with E-state index in [1.54, 1.807) is 0 Å². The highest BCUT2D eigenvalue weighted by atomic mass is 35.5. The lowest BCUT2D eigenvalue weighted by atomic mass is 10.1. The van der Waals surface area contributed by atoms with Gasteiger partial charge < -0.3 is 10.8 Å². The van der Waals surface area contributed by atoms with Crippen LogP contribution in [-0.2, 0) is 4.79 Å². The third kappa shape index (κ3) is 9.72. The molecule has 0 aromatic heterocycles. The van der Waals surface area contributed by atoms with E-state index in [0.717, 1.165) is 19.3 Å². The summed E-state index contributed by atoms with van der Waals surface area (Å²) in [7, 11) is 0. The highest BCUT2D eigenvalue weighted by molar-refractivity contribution is 6.15. The van der Waals surface area contributed by atoms with Crippen LogP contribution in [0, 0.1) is 0 Å². The van der Waals surface area contributed by atoms with Crippen LogP contribution in [0.5, 0.6) is 0 Å². The van der Waals surface area contributed by atoms with Gasteiger partial charge in [0.15, 0.2) is 0 Å². The highest BCUT2D eigenvalue weighted by Crippen LogP contribution is 2.01. The van der Waals surface area contributed by atoms with Gasteiger partial charge in [-0.05, 0) is 6.42 Å². The lowest BCUT2D eigenvalue weighted by molar-refractivity contribution is -0.138. The quantitative estimate of drug-likeness (QED) is 0.520. The summed E-state index contributed by atoms with van der Waals surface area (Å²) in [5.74, 6) is -0.892. The molecule has 0 aliphatic rings. The third-order valence-corrected chi connectivity index (χ3v) is 1.44. The highest BCUT2D eigenvalue weighted by Gasteiger charge is 2.09. The first kappa shape index (κ1) is 14.3. The van der Waals surface area contributed by atoms with Gasteiger partial charge in [-0.1, -0.05) is 26.2 Å². The Morgan fingerprint density at radius 2 is 2.00 bits per heavy atom. The maximum Gasteiger partial charge on any atom is 0.320 e. The standard InChI is InChI=1S/C7H15NO2.CH3Cl/c1-2-3-4-5-6(8)7(9)10;1-2/h6H,2-5,8H2,1H3,(H,9,10);1H3. The van der Waals surface area contributed by atoms with Crippen LogP contribution in [-0.4, -0.2) is 23.5 Å². The number of hydrogen-bond acceptors (Lipinski definition) is 2. The zero-order valence-corrected chi connectivity index (χ0v) is 8.47. The summed E-state index contributed by atoms with van der Waals surface area (Å²) in [5.41, 5.74) is 5.26. The minimum Gasteiger partial charge on any atom is -0.480 e. The van der Waals surface area contributed by atoms with Crippen molar-refractivity contribution < 1.29 is 9.90 Å². The summed E-state index contributed by atoms with van der Waals surface area (Å²) in [5, 5.41) is 8.36. The Morgan fingerprint density at radius 1 is 1.50 bits per heavy atom. The van der Waals surface area contributed by atoms with Gasteiger partial charge in [-0.3, -0.25) is 4.79 Å². The molecule has 12 heavy (non-hydrogen) atoms. The van der Waals surface area contributed by atoms with Crippen molar-refractivity contribution in [3.05, 3.63) is 0 Å². The van der Waals surface area contributed by atoms with Crippen LogP contribution < -0.4 is 5.73 Å². The zero-order valence-electron chi connectivity index (χ0n) is 7.72. The Balaban J connectivity index is 0. The van der Waals surface area contributed by atoms with Crippen molar-refractivity contribution in [2.75, 3.05) is 6.38 Å². The number of carboxylic acid groups (broad SMARTS) is 1. The summed E-state index contributed by atoms with van der Waals surface area (Å²) in [6.07, 6.45) is 5.17. The minimum atomic E-state index is -0.892. The maximum absolute atomic E-state index is 10.2. The molecule has 1 atom stereocenters. The van der Waals surface area contributed by atoms with E-state index < -0.39 is 12.0 Å². The number of hydrogen-bond donors (Lipinski definition) is 2. The molecule has 0 fully saturated rings. The molecule has 0 radical (unpaired) electrons. The Bertz CT molecular complexity index is 109. The Hall–Kier alpha value is -0.280. The van der Waals surface area contributed by atoms with Crippen molar-refractivity contribution in [2.24, 2.45) is 5.73 Å². The number of rotatable bonds is 5. The lowest BCUT2D eigenvalue weighted by Crippen LogP contribution is -2.29. The first-order valence-electron chi connectivity index (χ1n) is 4.04. The van der Waals surface area contributed by atoms with Crippen molar-refractivity contribution in [2.45, 2.75) is 38.6 Å². The average Bonchev–Trinajstić information content (AvgIpc) is 2.08. The summed E-state index contributed by atoms with van der Waals surface area (Å²) >= 11 is 4.64. The lowest BCUT2D eigenvalue weighted by Gasteiger charge is -2.03. The van der Waals surface area contributed by atoms with Crippen LogP contribution in [0.3, 0.4) is 0 Å². The molecule has 1 unspecified atom stereocenters. The molecule has 0 aliphatic heterocycles. The SMILES string of the molecule is CCCCCC(N)C(=O)O.CCl. The van der Waals surface area contributed by atoms with Crippen LogP contribution >= 0.6 is 11.6 Å². The smallest absolute Gasteiger partial charge is 0.320 e. The fraction of sp³-hybridized carbons (Fsp3) is 0.875. The van der Waals surface area contributed by atoms with E-state index in [4.69, 9.17) is 10.8 Å². The summed E-state index contributed by atoms with van der Waals surface area (Å²) in [4.78, 5) is 10.2. The van der Waals surface area contributed by atoms with Crippen LogP contribution in [0.15, 0.2) is 0 Å². The van der Waals surface area contributed by atoms with Gasteiger partial charge in [-0.25, -0.2) is 0 Å². The second kappa shape index (κ2) is 10.7. The first-order chi connectivity index (χ1) is 5.68. The number of alkyl halides is 1. The molecule has 4 heteroatoms. The predicted octanol–water partition coefficient (Wildman–Crippen LogP) is 1.83. The summed E-state index contributed by atoms with van der Waals surface area (Å²) in [6.45, 7) is 2.08. The molecule has 3 N–H and O–H groups in total. The van der Waals surface area contributed by atoms with Crippen molar-refractivity contribution in [3.8, 4) is 0 Å². The van der Waals surface area contributed by atoms with Gasteiger partial charge in [0.1, 0.15) is 6.04 Å². The van der Waals surface area contributed by atoms with Crippen molar-refractivity contribution >= 4 is 17.6 Å². The van der Waals surface area contributed by atoms with Gasteiger partial charge >= 0.3 is 5.97 Å². The van der Waals surface area contributed by atoms with E-state index in [9.17, 15) is 4.79 Å². The number of carbonyl (C=O) groups is 1. The van der Waals surface area contributed by atoms with Crippen LogP contribution in [0.25, 0.3) is 0 Å². The van der Waals surface area contributed by atoms with Gasteiger partial charge in [0.2, 0.25) is 0 Å². The molecule has 3 nitrogen and oxygen atoms in total. The molecule has 0 aromatic carbocycles. The molecular formula is C8H18ClNO2. The van der Waals surface area contributed by atoms with E-state index in [0.29, 0.717) is 6.42 Å². The Labute approximate surface area is 78.9 Å². The molecule has 0 amide bonds. The molecule has 0 spiro atoms. The Morgan fingerprint density at radius 3 is 2.33 bits per heavy atom. The van der Waals surface area contributed by atoms with Gasteiger partial charge in [0.05, 0.1) is 0 Å². The minimum absolute atomic E-state index is 0.600. The number of unbranched alkanes of at least 4 members (excludes halogenated alkanes) is 2. The normalized spacial score (nSPS) is 11.3. The summed E-state index contributed by atoms with van der Waals surface area (Å²) < 4.78 is 0. The third-order valence-electron chi connectivity index (χ3n) is 1.44. The van der Waals surface area contributed by atoms with Gasteiger partial charge in [-0.2, -0.15) is 0 Å². The van der Waals surface area contributed by atoms with E-state index in [2.05, 4.69) is 18.5 Å². The molecule has 0 aromatic rings. The van der Waals surface area contributed by atoms with E-state index in [1.807, 2.05) is 0 Å². The molecule has 0 rings (SSSR count).